The zero-order chi connectivity index (χ0) is 14.1. The fraction of sp³-hybridized carbons (Fsp3) is 0.286. The topological polar surface area (TPSA) is 81.9 Å². The number of nitrogens with one attached hydrogen (secondary N) is 1. The summed E-state index contributed by atoms with van der Waals surface area (Å²) < 4.78 is 7.44. The van der Waals surface area contributed by atoms with Crippen LogP contribution in [0, 0.1) is 0 Å². The molecule has 104 valence electrons. The van der Waals surface area contributed by atoms with Gasteiger partial charge in [0, 0.05) is 25.4 Å². The Morgan fingerprint density at radius 1 is 1.40 bits per heavy atom. The van der Waals surface area contributed by atoms with E-state index in [1.54, 1.807) is 0 Å². The second-order valence-electron chi connectivity index (χ2n) is 4.69. The van der Waals surface area contributed by atoms with E-state index in [9.17, 15) is 0 Å². The monoisotopic (exact) mass is 271 g/mol. The predicted octanol–water partition coefficient (Wildman–Crippen LogP) is 2.32. The largest absolute Gasteiger partial charge is 0.423 e. The van der Waals surface area contributed by atoms with Crippen molar-refractivity contribution in [2.45, 2.75) is 19.9 Å². The summed E-state index contributed by atoms with van der Waals surface area (Å²) in [5.41, 5.74) is 10.1. The van der Waals surface area contributed by atoms with Gasteiger partial charge in [-0.25, -0.2) is 0 Å². The number of aryl methyl sites for hydroxylation is 2. The molecule has 1 aromatic carbocycles. The molecule has 0 bridgehead atoms. The van der Waals surface area contributed by atoms with Gasteiger partial charge < -0.3 is 15.5 Å². The summed E-state index contributed by atoms with van der Waals surface area (Å²) in [5.74, 6) is 0. The molecule has 2 heterocycles. The summed E-state index contributed by atoms with van der Waals surface area (Å²) in [6.07, 6.45) is 2.90. The van der Waals surface area contributed by atoms with Gasteiger partial charge in [0.15, 0.2) is 5.58 Å². The minimum atomic E-state index is 0.476. The van der Waals surface area contributed by atoms with Crippen LogP contribution in [0.25, 0.3) is 11.1 Å². The minimum absolute atomic E-state index is 0.476. The number of hydrogen-bond acceptors (Lipinski definition) is 5. The third kappa shape index (κ3) is 2.20. The number of anilines is 2. The normalized spacial score (nSPS) is 11.1. The smallest absolute Gasteiger partial charge is 0.296 e. The maximum atomic E-state index is 5.86. The number of aromatic nitrogens is 3. The Balaban J connectivity index is 1.81. The summed E-state index contributed by atoms with van der Waals surface area (Å²) in [6, 6.07) is 5.99. The molecular formula is C14H17N5O. The molecule has 0 aliphatic heterocycles. The van der Waals surface area contributed by atoms with Crippen molar-refractivity contribution in [3.8, 4) is 0 Å². The Bertz CT molecular complexity index is 743. The van der Waals surface area contributed by atoms with Crippen LogP contribution in [-0.4, -0.2) is 14.8 Å². The zero-order valence-corrected chi connectivity index (χ0v) is 11.6. The molecule has 2 aromatic heterocycles. The first-order chi connectivity index (χ1) is 9.67. The molecule has 0 saturated carbocycles. The Morgan fingerprint density at radius 3 is 3.00 bits per heavy atom. The van der Waals surface area contributed by atoms with Crippen LogP contribution in [0.15, 0.2) is 28.8 Å². The SMILES string of the molecule is CCc1nn(C)cc1CNc1nc2c(N)cccc2o1. The van der Waals surface area contributed by atoms with Crippen molar-refractivity contribution in [2.24, 2.45) is 7.05 Å². The number of nitrogens with zero attached hydrogens (tertiary/aromatic N) is 3. The summed E-state index contributed by atoms with van der Waals surface area (Å²) in [4.78, 5) is 4.36. The van der Waals surface area contributed by atoms with E-state index in [0.717, 1.165) is 17.7 Å². The van der Waals surface area contributed by atoms with Crippen LogP contribution < -0.4 is 11.1 Å². The van der Waals surface area contributed by atoms with Gasteiger partial charge >= 0.3 is 0 Å². The molecule has 0 saturated heterocycles. The van der Waals surface area contributed by atoms with Crippen molar-refractivity contribution >= 4 is 22.8 Å². The lowest BCUT2D eigenvalue weighted by atomic mass is 10.2. The van der Waals surface area contributed by atoms with Crippen LogP contribution in [-0.2, 0) is 20.0 Å². The van der Waals surface area contributed by atoms with Crippen molar-refractivity contribution < 1.29 is 4.42 Å². The first-order valence-corrected chi connectivity index (χ1v) is 6.57. The van der Waals surface area contributed by atoms with Gasteiger partial charge in [0.1, 0.15) is 5.52 Å². The molecule has 0 fully saturated rings. The number of para-hydroxylation sites is 1. The molecular weight excluding hydrogens is 254 g/mol. The number of rotatable bonds is 4. The quantitative estimate of drug-likeness (QED) is 0.712. The van der Waals surface area contributed by atoms with Gasteiger partial charge in [0.05, 0.1) is 11.4 Å². The van der Waals surface area contributed by atoms with E-state index in [0.29, 0.717) is 29.3 Å². The highest BCUT2D eigenvalue weighted by Crippen LogP contribution is 2.24. The van der Waals surface area contributed by atoms with Crippen LogP contribution >= 0.6 is 0 Å². The Hall–Kier alpha value is -2.50. The highest BCUT2D eigenvalue weighted by atomic mass is 16.4. The van der Waals surface area contributed by atoms with Crippen molar-refractivity contribution in [1.29, 1.82) is 0 Å². The maximum Gasteiger partial charge on any atom is 0.296 e. The molecule has 20 heavy (non-hydrogen) atoms. The Kier molecular flexibility index (Phi) is 3.06. The summed E-state index contributed by atoms with van der Waals surface area (Å²) in [5, 5.41) is 7.58. The summed E-state index contributed by atoms with van der Waals surface area (Å²) in [6.45, 7) is 2.72. The molecule has 0 radical (unpaired) electrons. The van der Waals surface area contributed by atoms with Gasteiger partial charge in [-0.3, -0.25) is 4.68 Å². The molecule has 6 heteroatoms. The molecule has 0 aliphatic carbocycles. The number of oxazole rings is 1. The van der Waals surface area contributed by atoms with Gasteiger partial charge in [-0.1, -0.05) is 13.0 Å². The van der Waals surface area contributed by atoms with E-state index in [-0.39, 0.29) is 0 Å². The summed E-state index contributed by atoms with van der Waals surface area (Å²) in [7, 11) is 1.92. The molecule has 3 aromatic rings. The van der Waals surface area contributed by atoms with Crippen LogP contribution in [0.2, 0.25) is 0 Å². The van der Waals surface area contributed by atoms with E-state index in [1.165, 1.54) is 0 Å². The number of nitrogen functional groups attached to an aromatic ring is 1. The first kappa shape index (κ1) is 12.5. The van der Waals surface area contributed by atoms with Gasteiger partial charge in [-0.2, -0.15) is 10.1 Å². The van der Waals surface area contributed by atoms with E-state index < -0.39 is 0 Å². The number of hydrogen-bond donors (Lipinski definition) is 2. The maximum absolute atomic E-state index is 5.86. The van der Waals surface area contributed by atoms with Crippen molar-refractivity contribution in [3.05, 3.63) is 35.7 Å². The lowest BCUT2D eigenvalue weighted by Gasteiger charge is -2.00. The number of nitrogens with two attached hydrogens (primary N) is 1. The minimum Gasteiger partial charge on any atom is -0.423 e. The molecule has 0 unspecified atom stereocenters. The summed E-state index contributed by atoms with van der Waals surface area (Å²) >= 11 is 0. The van der Waals surface area contributed by atoms with Gasteiger partial charge in [-0.15, -0.1) is 0 Å². The molecule has 0 spiro atoms. The fourth-order valence-electron chi connectivity index (χ4n) is 2.25. The molecule has 3 rings (SSSR count). The van der Waals surface area contributed by atoms with Crippen molar-refractivity contribution in [1.82, 2.24) is 14.8 Å². The first-order valence-electron chi connectivity index (χ1n) is 6.57. The molecule has 6 nitrogen and oxygen atoms in total. The molecule has 3 N–H and O–H groups in total. The average molecular weight is 271 g/mol. The molecule has 0 amide bonds. The van der Waals surface area contributed by atoms with Crippen LogP contribution in [0.3, 0.4) is 0 Å². The van der Waals surface area contributed by atoms with Crippen LogP contribution in [0.4, 0.5) is 11.7 Å². The predicted molar refractivity (Wildman–Crippen MR) is 78.3 cm³/mol. The van der Waals surface area contributed by atoms with E-state index >= 15 is 0 Å². The average Bonchev–Trinajstić information content (AvgIpc) is 3.00. The number of benzene rings is 1. The second kappa shape index (κ2) is 4.88. The van der Waals surface area contributed by atoms with E-state index in [1.807, 2.05) is 36.1 Å². The van der Waals surface area contributed by atoms with Crippen molar-refractivity contribution in [2.75, 3.05) is 11.1 Å². The van der Waals surface area contributed by atoms with Crippen LogP contribution in [0.5, 0.6) is 0 Å². The fourth-order valence-corrected chi connectivity index (χ4v) is 2.25. The van der Waals surface area contributed by atoms with Gasteiger partial charge in [0.2, 0.25) is 0 Å². The Labute approximate surface area is 116 Å². The van der Waals surface area contributed by atoms with Gasteiger partial charge in [-0.05, 0) is 18.6 Å². The second-order valence-corrected chi connectivity index (χ2v) is 4.69. The highest BCUT2D eigenvalue weighted by molar-refractivity contribution is 5.86. The van der Waals surface area contributed by atoms with Crippen molar-refractivity contribution in [3.63, 3.8) is 0 Å². The van der Waals surface area contributed by atoms with Gasteiger partial charge in [0.25, 0.3) is 6.01 Å². The lowest BCUT2D eigenvalue weighted by molar-refractivity contribution is 0.614. The Morgan fingerprint density at radius 2 is 2.25 bits per heavy atom. The standard InChI is InChI=1S/C14H17N5O/c1-3-11-9(8-19(2)18-11)7-16-14-17-13-10(15)5-4-6-12(13)20-14/h4-6,8H,3,7,15H2,1-2H3,(H,16,17). The van der Waals surface area contributed by atoms with Crippen LogP contribution in [0.1, 0.15) is 18.2 Å². The number of fused-ring (bicyclic) bond motifs is 1. The molecule has 0 atom stereocenters. The highest BCUT2D eigenvalue weighted by Gasteiger charge is 2.10. The van der Waals surface area contributed by atoms with E-state index in [4.69, 9.17) is 10.2 Å². The molecule has 0 aliphatic rings. The third-order valence-corrected chi connectivity index (χ3v) is 3.21. The zero-order valence-electron chi connectivity index (χ0n) is 11.6. The van der Waals surface area contributed by atoms with E-state index in [2.05, 4.69) is 22.3 Å². The third-order valence-electron chi connectivity index (χ3n) is 3.21. The lowest BCUT2D eigenvalue weighted by Crippen LogP contribution is -2.01.